The fraction of sp³-hybridized carbons (Fsp3) is 0.562. The number of carbonyl (C=O) groups is 1. The molecule has 1 fully saturated rings. The molecule has 0 unspecified atom stereocenters. The lowest BCUT2D eigenvalue weighted by atomic mass is 9.75. The summed E-state index contributed by atoms with van der Waals surface area (Å²) in [5.41, 5.74) is 1.11. The Labute approximate surface area is 135 Å². The van der Waals surface area contributed by atoms with E-state index in [0.717, 1.165) is 22.2 Å². The molecule has 1 aromatic carbocycles. The van der Waals surface area contributed by atoms with Gasteiger partial charge in [0.2, 0.25) is 0 Å². The fourth-order valence-corrected chi connectivity index (χ4v) is 3.66. The average Bonchev–Trinajstić information content (AvgIpc) is 2.37. The third kappa shape index (κ3) is 3.59. The van der Waals surface area contributed by atoms with Crippen LogP contribution in [-0.4, -0.2) is 23.9 Å². The molecule has 110 valence electrons. The molecule has 1 aromatic rings. The van der Waals surface area contributed by atoms with E-state index in [2.05, 4.69) is 42.4 Å². The molecule has 0 atom stereocenters. The van der Waals surface area contributed by atoms with Gasteiger partial charge in [-0.1, -0.05) is 29.8 Å². The van der Waals surface area contributed by atoms with Crippen LogP contribution in [0.5, 0.6) is 0 Å². The summed E-state index contributed by atoms with van der Waals surface area (Å²) < 4.78 is 0.945. The number of nitrogens with zero attached hydrogens (tertiary/aromatic N) is 1. The second-order valence-corrected chi connectivity index (χ2v) is 7.87. The van der Waals surface area contributed by atoms with Crippen LogP contribution in [-0.2, 0) is 0 Å². The maximum atomic E-state index is 12.6. The lowest BCUT2D eigenvalue weighted by Crippen LogP contribution is -2.41. The van der Waals surface area contributed by atoms with Gasteiger partial charge in [0.25, 0.3) is 5.91 Å². The topological polar surface area (TPSA) is 20.3 Å². The Morgan fingerprint density at radius 1 is 1.35 bits per heavy atom. The highest BCUT2D eigenvalue weighted by atomic mass is 79.9. The van der Waals surface area contributed by atoms with E-state index in [1.807, 2.05) is 30.1 Å². The molecular formula is C16H22BrNOS. The predicted octanol–water partition coefficient (Wildman–Crippen LogP) is 4.78. The molecule has 20 heavy (non-hydrogen) atoms. The molecule has 0 N–H and O–H groups in total. The summed E-state index contributed by atoms with van der Waals surface area (Å²) >= 11 is 7.81. The minimum absolute atomic E-state index is 0.0761. The zero-order valence-electron chi connectivity index (χ0n) is 12.3. The molecule has 0 spiro atoms. The lowest BCUT2D eigenvalue weighted by Gasteiger charge is -2.38. The maximum Gasteiger partial charge on any atom is 0.254 e. The predicted molar refractivity (Wildman–Crippen MR) is 89.5 cm³/mol. The number of halogens is 1. The Balaban J connectivity index is 2.09. The van der Waals surface area contributed by atoms with Crippen LogP contribution in [0.2, 0.25) is 0 Å². The van der Waals surface area contributed by atoms with Gasteiger partial charge in [0.1, 0.15) is 0 Å². The summed E-state index contributed by atoms with van der Waals surface area (Å²) in [4.78, 5) is 15.2. The third-order valence-electron chi connectivity index (χ3n) is 4.37. The SMILES string of the molecule is CN(C(=O)c1ccc(Br)cc1S)C1CCC(C)(C)CC1. The first-order valence-electron chi connectivity index (χ1n) is 7.06. The van der Waals surface area contributed by atoms with Gasteiger partial charge in [-0.15, -0.1) is 12.6 Å². The smallest absolute Gasteiger partial charge is 0.254 e. The number of hydrogen-bond donors (Lipinski definition) is 1. The summed E-state index contributed by atoms with van der Waals surface area (Å²) in [6.07, 6.45) is 4.55. The highest BCUT2D eigenvalue weighted by Crippen LogP contribution is 2.37. The minimum Gasteiger partial charge on any atom is -0.339 e. The van der Waals surface area contributed by atoms with Gasteiger partial charge >= 0.3 is 0 Å². The Morgan fingerprint density at radius 2 is 1.95 bits per heavy atom. The molecule has 1 aliphatic carbocycles. The van der Waals surface area contributed by atoms with E-state index in [-0.39, 0.29) is 5.91 Å². The van der Waals surface area contributed by atoms with Gasteiger partial charge in [-0.3, -0.25) is 4.79 Å². The standard InChI is InChI=1S/C16H22BrNOS/c1-16(2)8-6-12(7-9-16)18(3)15(19)13-5-4-11(17)10-14(13)20/h4-5,10,12,20H,6-9H2,1-3H3. The number of thiol groups is 1. The van der Waals surface area contributed by atoms with E-state index in [1.54, 1.807) is 0 Å². The largest absolute Gasteiger partial charge is 0.339 e. The molecule has 2 rings (SSSR count). The van der Waals surface area contributed by atoms with Crippen LogP contribution >= 0.6 is 28.6 Å². The lowest BCUT2D eigenvalue weighted by molar-refractivity contribution is 0.0632. The molecule has 0 saturated heterocycles. The Kier molecular flexibility index (Phi) is 4.85. The van der Waals surface area contributed by atoms with E-state index in [1.165, 1.54) is 12.8 Å². The van der Waals surface area contributed by atoms with Crippen molar-refractivity contribution in [3.63, 3.8) is 0 Å². The molecule has 0 bridgehead atoms. The van der Waals surface area contributed by atoms with E-state index >= 15 is 0 Å². The first-order valence-corrected chi connectivity index (χ1v) is 8.30. The Bertz CT molecular complexity index is 505. The number of carbonyl (C=O) groups excluding carboxylic acids is 1. The van der Waals surface area contributed by atoms with Crippen LogP contribution in [0.4, 0.5) is 0 Å². The average molecular weight is 356 g/mol. The van der Waals surface area contributed by atoms with Crippen molar-refractivity contribution in [3.05, 3.63) is 28.2 Å². The second kappa shape index (κ2) is 6.10. The molecular weight excluding hydrogens is 334 g/mol. The maximum absolute atomic E-state index is 12.6. The van der Waals surface area contributed by atoms with Crippen molar-refractivity contribution < 1.29 is 4.79 Å². The van der Waals surface area contributed by atoms with Crippen molar-refractivity contribution in [2.45, 2.75) is 50.5 Å². The molecule has 1 aliphatic rings. The fourth-order valence-electron chi connectivity index (χ4n) is 2.81. The normalized spacial score (nSPS) is 18.9. The summed E-state index contributed by atoms with van der Waals surface area (Å²) in [5.74, 6) is 0.0761. The zero-order valence-corrected chi connectivity index (χ0v) is 14.8. The van der Waals surface area contributed by atoms with Gasteiger partial charge in [0.15, 0.2) is 0 Å². The summed E-state index contributed by atoms with van der Waals surface area (Å²) in [7, 11) is 1.92. The molecule has 1 saturated carbocycles. The first kappa shape index (κ1) is 15.9. The summed E-state index contributed by atoms with van der Waals surface area (Å²) in [6, 6.07) is 5.96. The highest BCUT2D eigenvalue weighted by molar-refractivity contribution is 9.10. The summed E-state index contributed by atoms with van der Waals surface area (Å²) in [5, 5.41) is 0. The Hall–Kier alpha value is -0.480. The molecule has 0 aliphatic heterocycles. The van der Waals surface area contributed by atoms with Crippen LogP contribution in [0.15, 0.2) is 27.6 Å². The molecule has 4 heteroatoms. The number of hydrogen-bond acceptors (Lipinski definition) is 2. The van der Waals surface area contributed by atoms with E-state index < -0.39 is 0 Å². The van der Waals surface area contributed by atoms with Crippen LogP contribution in [0.1, 0.15) is 49.9 Å². The molecule has 0 heterocycles. The number of rotatable bonds is 2. The van der Waals surface area contributed by atoms with Crippen molar-refractivity contribution in [2.75, 3.05) is 7.05 Å². The molecule has 1 amide bonds. The zero-order chi connectivity index (χ0) is 14.9. The molecule has 0 aromatic heterocycles. The van der Waals surface area contributed by atoms with Crippen LogP contribution < -0.4 is 0 Å². The van der Waals surface area contributed by atoms with Crippen molar-refractivity contribution in [1.82, 2.24) is 4.90 Å². The number of benzene rings is 1. The number of amides is 1. The van der Waals surface area contributed by atoms with Gasteiger partial charge in [0.05, 0.1) is 5.56 Å². The first-order chi connectivity index (χ1) is 9.30. The van der Waals surface area contributed by atoms with Gasteiger partial charge in [-0.05, 0) is 49.3 Å². The van der Waals surface area contributed by atoms with E-state index in [9.17, 15) is 4.79 Å². The van der Waals surface area contributed by atoms with Crippen molar-refractivity contribution in [1.29, 1.82) is 0 Å². The van der Waals surface area contributed by atoms with Crippen molar-refractivity contribution in [3.8, 4) is 0 Å². The second-order valence-electron chi connectivity index (χ2n) is 6.47. The minimum atomic E-state index is 0.0761. The summed E-state index contributed by atoms with van der Waals surface area (Å²) in [6.45, 7) is 4.62. The van der Waals surface area contributed by atoms with Crippen LogP contribution in [0, 0.1) is 5.41 Å². The Morgan fingerprint density at radius 3 is 2.50 bits per heavy atom. The van der Waals surface area contributed by atoms with Crippen LogP contribution in [0.3, 0.4) is 0 Å². The van der Waals surface area contributed by atoms with Gasteiger partial charge in [-0.2, -0.15) is 0 Å². The molecule has 0 radical (unpaired) electrons. The monoisotopic (exact) mass is 355 g/mol. The third-order valence-corrected chi connectivity index (χ3v) is 5.23. The van der Waals surface area contributed by atoms with Gasteiger partial charge < -0.3 is 4.90 Å². The quantitative estimate of drug-likeness (QED) is 0.757. The van der Waals surface area contributed by atoms with Crippen LogP contribution in [0.25, 0.3) is 0 Å². The van der Waals surface area contributed by atoms with E-state index in [4.69, 9.17) is 0 Å². The molecule has 2 nitrogen and oxygen atoms in total. The van der Waals surface area contributed by atoms with Gasteiger partial charge in [0, 0.05) is 22.5 Å². The van der Waals surface area contributed by atoms with E-state index in [0.29, 0.717) is 17.0 Å². The van der Waals surface area contributed by atoms with Crippen molar-refractivity contribution >= 4 is 34.5 Å². The van der Waals surface area contributed by atoms with Crippen molar-refractivity contribution in [2.24, 2.45) is 5.41 Å². The van der Waals surface area contributed by atoms with Gasteiger partial charge in [-0.25, -0.2) is 0 Å². The highest BCUT2D eigenvalue weighted by Gasteiger charge is 2.31.